The second-order valence-electron chi connectivity index (χ2n) is 9.40. The van der Waals surface area contributed by atoms with Crippen molar-refractivity contribution in [3.8, 4) is 17.4 Å². The summed E-state index contributed by atoms with van der Waals surface area (Å²) in [6, 6.07) is 11.0. The van der Waals surface area contributed by atoms with E-state index in [0.29, 0.717) is 23.0 Å². The average Bonchev–Trinajstić information content (AvgIpc) is 3.34. The fourth-order valence-electron chi connectivity index (χ4n) is 4.28. The van der Waals surface area contributed by atoms with Crippen LogP contribution in [0.15, 0.2) is 39.7 Å². The predicted octanol–water partition coefficient (Wildman–Crippen LogP) is 6.79. The highest BCUT2D eigenvalue weighted by molar-refractivity contribution is 7.16. The van der Waals surface area contributed by atoms with Crippen LogP contribution >= 0.6 is 11.3 Å². The van der Waals surface area contributed by atoms with Gasteiger partial charge in [0.15, 0.2) is 0 Å². The molecule has 2 heterocycles. The van der Waals surface area contributed by atoms with Crippen molar-refractivity contribution in [1.82, 2.24) is 0 Å². The van der Waals surface area contributed by atoms with Crippen molar-refractivity contribution in [2.45, 2.75) is 47.0 Å². The number of carbonyl (C=O) groups is 1. The van der Waals surface area contributed by atoms with Gasteiger partial charge in [-0.1, -0.05) is 26.8 Å². The number of fused-ring (bicyclic) bond motifs is 1. The van der Waals surface area contributed by atoms with E-state index in [1.165, 1.54) is 10.4 Å². The van der Waals surface area contributed by atoms with Gasteiger partial charge in [0.25, 0.3) is 0 Å². The zero-order valence-electron chi connectivity index (χ0n) is 18.7. The molecule has 0 aliphatic heterocycles. The number of thiophene rings is 1. The van der Waals surface area contributed by atoms with Crippen LogP contribution in [0.2, 0.25) is 0 Å². The zero-order valence-corrected chi connectivity index (χ0v) is 19.5. The van der Waals surface area contributed by atoms with Crippen LogP contribution in [-0.2, 0) is 12.8 Å². The van der Waals surface area contributed by atoms with Gasteiger partial charge in [-0.3, -0.25) is 0 Å². The lowest BCUT2D eigenvalue weighted by atomic mass is 9.72. The summed E-state index contributed by atoms with van der Waals surface area (Å²) in [6.07, 6.45) is 4.70. The van der Waals surface area contributed by atoms with Gasteiger partial charge in [0.05, 0.1) is 17.3 Å². The summed E-state index contributed by atoms with van der Waals surface area (Å²) in [6.45, 7) is 8.71. The molecule has 1 aliphatic rings. The first-order valence-corrected chi connectivity index (χ1v) is 11.5. The van der Waals surface area contributed by atoms with Crippen molar-refractivity contribution in [3.05, 3.63) is 63.2 Å². The van der Waals surface area contributed by atoms with Crippen molar-refractivity contribution in [1.29, 1.82) is 5.26 Å². The molecule has 3 aromatic rings. The summed E-state index contributed by atoms with van der Waals surface area (Å²) >= 11 is 1.62. The fraction of sp³-hybridized carbons (Fsp3) is 0.346. The molecule has 1 aromatic carbocycles. The van der Waals surface area contributed by atoms with Gasteiger partial charge in [-0.2, -0.15) is 5.26 Å². The summed E-state index contributed by atoms with van der Waals surface area (Å²) in [4.78, 5) is 17.0. The molecule has 0 radical (unpaired) electrons. The Kier molecular flexibility index (Phi) is 5.79. The lowest BCUT2D eigenvalue weighted by Crippen LogP contribution is -2.26. The number of rotatable bonds is 4. The van der Waals surface area contributed by atoms with Crippen molar-refractivity contribution in [2.75, 3.05) is 0 Å². The molecule has 0 fully saturated rings. The highest BCUT2D eigenvalue weighted by Gasteiger charge is 2.32. The number of hydrogen-bond acceptors (Lipinski definition) is 5. The Morgan fingerprint density at radius 3 is 2.75 bits per heavy atom. The molecule has 1 atom stereocenters. The molecule has 0 saturated heterocycles. The quantitative estimate of drug-likeness (QED) is 0.447. The van der Waals surface area contributed by atoms with Gasteiger partial charge < -0.3 is 9.52 Å². The molecule has 2 aromatic heterocycles. The Labute approximate surface area is 192 Å². The summed E-state index contributed by atoms with van der Waals surface area (Å²) in [7, 11) is 0. The largest absolute Gasteiger partial charge is 0.478 e. The second-order valence-corrected chi connectivity index (χ2v) is 10.5. The van der Waals surface area contributed by atoms with Crippen LogP contribution in [0, 0.1) is 29.6 Å². The molecule has 0 amide bonds. The highest BCUT2D eigenvalue weighted by Crippen LogP contribution is 2.44. The molecule has 0 saturated carbocycles. The van der Waals surface area contributed by atoms with E-state index < -0.39 is 5.97 Å². The third kappa shape index (κ3) is 4.26. The molecule has 1 aliphatic carbocycles. The zero-order chi connectivity index (χ0) is 23.0. The first-order valence-electron chi connectivity index (χ1n) is 10.7. The van der Waals surface area contributed by atoms with Gasteiger partial charge in [0, 0.05) is 10.4 Å². The number of carboxylic acid groups (broad SMARTS) is 1. The fourth-order valence-corrected chi connectivity index (χ4v) is 5.50. The lowest BCUT2D eigenvalue weighted by molar-refractivity contribution is 0.0696. The smallest absolute Gasteiger partial charge is 0.335 e. The molecule has 1 N–H and O–H groups in total. The van der Waals surface area contributed by atoms with E-state index in [1.54, 1.807) is 35.8 Å². The first-order chi connectivity index (χ1) is 15.2. The highest BCUT2D eigenvalue weighted by atomic mass is 32.1. The van der Waals surface area contributed by atoms with Crippen LogP contribution in [-0.4, -0.2) is 17.3 Å². The van der Waals surface area contributed by atoms with Gasteiger partial charge >= 0.3 is 5.97 Å². The Morgan fingerprint density at radius 2 is 2.09 bits per heavy atom. The Balaban J connectivity index is 1.58. The predicted molar refractivity (Wildman–Crippen MR) is 127 cm³/mol. The van der Waals surface area contributed by atoms with Gasteiger partial charge in [-0.15, -0.1) is 11.3 Å². The Bertz CT molecular complexity index is 1250. The molecule has 32 heavy (non-hydrogen) atoms. The van der Waals surface area contributed by atoms with Gasteiger partial charge in [-0.05, 0) is 72.9 Å². The summed E-state index contributed by atoms with van der Waals surface area (Å²) in [5.74, 6) is 0.900. The summed E-state index contributed by atoms with van der Waals surface area (Å²) < 4.78 is 5.93. The molecular weight excluding hydrogens is 420 g/mol. The third-order valence-corrected chi connectivity index (χ3v) is 7.42. The van der Waals surface area contributed by atoms with E-state index in [2.05, 4.69) is 31.8 Å². The SMILES string of the molecule is Cc1cc(C(=O)O)ccc1-c1ccc(C=Nc2sc3c(c2C#N)CC[C@@H](C(C)(C)C)C3)o1. The van der Waals surface area contributed by atoms with Crippen molar-refractivity contribution in [3.63, 3.8) is 0 Å². The lowest BCUT2D eigenvalue weighted by Gasteiger charge is -2.33. The number of hydrogen-bond donors (Lipinski definition) is 1. The number of aromatic carboxylic acids is 1. The van der Waals surface area contributed by atoms with Crippen LogP contribution in [0.4, 0.5) is 5.00 Å². The standard InChI is InChI=1S/C26H26N2O3S/c1-15-11-16(25(29)30)5-8-19(15)22-10-7-18(31-22)14-28-24-21(13-27)20-9-6-17(26(2,3)4)12-23(20)32-24/h5,7-8,10-11,14,17H,6,9,12H2,1-4H3,(H,29,30)/t17-/m1/s1. The normalized spacial score (nSPS) is 16.2. The van der Waals surface area contributed by atoms with Gasteiger partial charge in [0.2, 0.25) is 0 Å². The number of nitriles is 1. The van der Waals surface area contributed by atoms with Crippen LogP contribution in [0.25, 0.3) is 11.3 Å². The van der Waals surface area contributed by atoms with Crippen molar-refractivity contribution in [2.24, 2.45) is 16.3 Å². The summed E-state index contributed by atoms with van der Waals surface area (Å²) in [5.41, 5.74) is 4.03. The van der Waals surface area contributed by atoms with Crippen molar-refractivity contribution < 1.29 is 14.3 Å². The molecule has 5 nitrogen and oxygen atoms in total. The minimum absolute atomic E-state index is 0.249. The Hall–Kier alpha value is -3.17. The van der Waals surface area contributed by atoms with Gasteiger partial charge in [0.1, 0.15) is 22.6 Å². The number of aliphatic imine (C=N–C) groups is 1. The number of nitrogens with zero attached hydrogens (tertiary/aromatic N) is 2. The van der Waals surface area contributed by atoms with E-state index >= 15 is 0 Å². The molecule has 164 valence electrons. The van der Waals surface area contributed by atoms with Gasteiger partial charge in [-0.25, -0.2) is 9.79 Å². The average molecular weight is 447 g/mol. The minimum Gasteiger partial charge on any atom is -0.478 e. The first kappa shape index (κ1) is 22.0. The number of aryl methyl sites for hydroxylation is 1. The third-order valence-electron chi connectivity index (χ3n) is 6.26. The molecule has 0 unspecified atom stereocenters. The monoisotopic (exact) mass is 446 g/mol. The van der Waals surface area contributed by atoms with Crippen LogP contribution in [0.1, 0.15) is 64.9 Å². The molecular formula is C26H26N2O3S. The molecule has 0 bridgehead atoms. The number of benzene rings is 1. The van der Waals surface area contributed by atoms with Crippen LogP contribution in [0.3, 0.4) is 0 Å². The number of carboxylic acids is 1. The maximum absolute atomic E-state index is 11.2. The maximum Gasteiger partial charge on any atom is 0.335 e. The molecule has 4 rings (SSSR count). The van der Waals surface area contributed by atoms with E-state index in [4.69, 9.17) is 9.52 Å². The van der Waals surface area contributed by atoms with Crippen LogP contribution < -0.4 is 0 Å². The minimum atomic E-state index is -0.951. The van der Waals surface area contributed by atoms with E-state index in [9.17, 15) is 10.1 Å². The van der Waals surface area contributed by atoms with Crippen molar-refractivity contribution >= 4 is 28.5 Å². The Morgan fingerprint density at radius 1 is 1.31 bits per heavy atom. The molecule has 6 heteroatoms. The van der Waals surface area contributed by atoms with E-state index in [1.807, 2.05) is 19.1 Å². The number of furan rings is 1. The van der Waals surface area contributed by atoms with E-state index in [0.717, 1.165) is 35.4 Å². The maximum atomic E-state index is 11.2. The van der Waals surface area contributed by atoms with E-state index in [-0.39, 0.29) is 11.0 Å². The van der Waals surface area contributed by atoms with Crippen LogP contribution in [0.5, 0.6) is 0 Å². The summed E-state index contributed by atoms with van der Waals surface area (Å²) in [5, 5.41) is 19.6. The molecule has 0 spiro atoms. The topological polar surface area (TPSA) is 86.6 Å². The second kappa shape index (κ2) is 8.40.